The minimum absolute atomic E-state index is 0.142. The van der Waals surface area contributed by atoms with Crippen molar-refractivity contribution in [2.24, 2.45) is 0 Å². The molecule has 26 heavy (non-hydrogen) atoms. The number of piperidine rings is 1. The van der Waals surface area contributed by atoms with Gasteiger partial charge >= 0.3 is 0 Å². The number of ether oxygens (including phenoxy) is 1. The minimum atomic E-state index is -0.187. The zero-order valence-electron chi connectivity index (χ0n) is 15.4. The average molecular weight is 354 g/mol. The average Bonchev–Trinajstić information content (AvgIpc) is 2.70. The van der Waals surface area contributed by atoms with Crippen LogP contribution < -0.4 is 10.1 Å². The molecule has 3 rings (SSSR count). The molecule has 1 saturated heterocycles. The van der Waals surface area contributed by atoms with Crippen LogP contribution in [0.3, 0.4) is 0 Å². The van der Waals surface area contributed by atoms with E-state index >= 15 is 0 Å². The maximum absolute atomic E-state index is 12.4. The topological polar surface area (TPSA) is 67.3 Å². The predicted octanol–water partition coefficient (Wildman–Crippen LogP) is 2.75. The number of nitrogens with zero attached hydrogens (tertiary/aromatic N) is 3. The molecule has 0 saturated carbocycles. The Morgan fingerprint density at radius 1 is 1.15 bits per heavy atom. The molecule has 0 radical (unpaired) electrons. The number of aromatic nitrogens is 2. The second kappa shape index (κ2) is 8.76. The highest BCUT2D eigenvalue weighted by Gasteiger charge is 2.23. The number of aryl methyl sites for hydroxylation is 1. The van der Waals surface area contributed by atoms with Crippen LogP contribution >= 0.6 is 0 Å². The van der Waals surface area contributed by atoms with E-state index in [9.17, 15) is 4.79 Å². The van der Waals surface area contributed by atoms with Crippen molar-refractivity contribution in [2.45, 2.75) is 32.2 Å². The molecule has 1 aliphatic rings. The van der Waals surface area contributed by atoms with Crippen LogP contribution in [0, 0.1) is 6.92 Å². The Balaban J connectivity index is 1.72. The van der Waals surface area contributed by atoms with Gasteiger partial charge in [-0.05, 0) is 50.6 Å². The van der Waals surface area contributed by atoms with Crippen LogP contribution in [0.2, 0.25) is 0 Å². The number of amides is 1. The van der Waals surface area contributed by atoms with Crippen LogP contribution in [0.1, 0.15) is 47.1 Å². The van der Waals surface area contributed by atoms with E-state index in [2.05, 4.69) is 32.3 Å². The van der Waals surface area contributed by atoms with Crippen LogP contribution in [0.4, 0.5) is 0 Å². The largest absolute Gasteiger partial charge is 0.497 e. The first kappa shape index (κ1) is 18.3. The maximum Gasteiger partial charge on any atom is 0.271 e. The number of hydrogen-bond acceptors (Lipinski definition) is 5. The highest BCUT2D eigenvalue weighted by Crippen LogP contribution is 2.26. The van der Waals surface area contributed by atoms with Crippen molar-refractivity contribution in [3.05, 3.63) is 53.6 Å². The summed E-state index contributed by atoms with van der Waals surface area (Å²) in [5.74, 6) is 0.651. The third kappa shape index (κ3) is 4.58. The zero-order chi connectivity index (χ0) is 18.4. The molecule has 6 nitrogen and oxygen atoms in total. The van der Waals surface area contributed by atoms with Gasteiger partial charge in [0.05, 0.1) is 25.0 Å². The van der Waals surface area contributed by atoms with E-state index in [1.165, 1.54) is 31.0 Å². The monoisotopic (exact) mass is 354 g/mol. The molecule has 1 aromatic heterocycles. The van der Waals surface area contributed by atoms with Gasteiger partial charge in [0.15, 0.2) is 0 Å². The lowest BCUT2D eigenvalue weighted by Crippen LogP contribution is -2.40. The van der Waals surface area contributed by atoms with Crippen molar-refractivity contribution in [3.8, 4) is 5.75 Å². The molecule has 1 amide bonds. The molecule has 2 heterocycles. The maximum atomic E-state index is 12.4. The standard InChI is InChI=1S/C20H26N4O2/c1-15-12-22-18(13-21-15)20(25)23-14-19(24-10-4-3-5-11-24)16-6-8-17(26-2)9-7-16/h6-9,12-13,19H,3-5,10-11,14H2,1-2H3,(H,23,25)/t19-/m0/s1. The molecule has 1 N–H and O–H groups in total. The molecule has 6 heteroatoms. The second-order valence-electron chi connectivity index (χ2n) is 6.64. The fourth-order valence-electron chi connectivity index (χ4n) is 3.30. The predicted molar refractivity (Wildman–Crippen MR) is 100 cm³/mol. The van der Waals surface area contributed by atoms with E-state index in [-0.39, 0.29) is 11.9 Å². The van der Waals surface area contributed by atoms with Gasteiger partial charge in [-0.1, -0.05) is 18.6 Å². The van der Waals surface area contributed by atoms with Gasteiger partial charge < -0.3 is 10.1 Å². The third-order valence-corrected chi connectivity index (χ3v) is 4.80. The van der Waals surface area contributed by atoms with Crippen molar-refractivity contribution < 1.29 is 9.53 Å². The lowest BCUT2D eigenvalue weighted by Gasteiger charge is -2.35. The summed E-state index contributed by atoms with van der Waals surface area (Å²) in [7, 11) is 1.67. The van der Waals surface area contributed by atoms with E-state index in [0.29, 0.717) is 12.2 Å². The Kier molecular flexibility index (Phi) is 6.17. The minimum Gasteiger partial charge on any atom is -0.497 e. The highest BCUT2D eigenvalue weighted by molar-refractivity contribution is 5.91. The highest BCUT2D eigenvalue weighted by atomic mass is 16.5. The Hall–Kier alpha value is -2.47. The number of carbonyl (C=O) groups excluding carboxylic acids is 1. The number of methoxy groups -OCH3 is 1. The van der Waals surface area contributed by atoms with E-state index in [1.54, 1.807) is 13.3 Å². The van der Waals surface area contributed by atoms with E-state index in [4.69, 9.17) is 4.74 Å². The molecule has 1 fully saturated rings. The lowest BCUT2D eigenvalue weighted by molar-refractivity contribution is 0.0919. The number of rotatable bonds is 6. The van der Waals surface area contributed by atoms with Gasteiger partial charge in [-0.3, -0.25) is 14.7 Å². The fourth-order valence-corrected chi connectivity index (χ4v) is 3.30. The summed E-state index contributed by atoms with van der Waals surface area (Å²) >= 11 is 0. The summed E-state index contributed by atoms with van der Waals surface area (Å²) in [5.41, 5.74) is 2.33. The van der Waals surface area contributed by atoms with Crippen LogP contribution in [0.25, 0.3) is 0 Å². The first-order chi connectivity index (χ1) is 12.7. The number of hydrogen-bond donors (Lipinski definition) is 1. The first-order valence-corrected chi connectivity index (χ1v) is 9.12. The number of benzene rings is 1. The van der Waals surface area contributed by atoms with Crippen molar-refractivity contribution in [2.75, 3.05) is 26.7 Å². The summed E-state index contributed by atoms with van der Waals surface area (Å²) in [6.07, 6.45) is 6.81. The molecule has 0 spiro atoms. The molecular weight excluding hydrogens is 328 g/mol. The second-order valence-corrected chi connectivity index (χ2v) is 6.64. The van der Waals surface area contributed by atoms with Gasteiger partial charge in [0.2, 0.25) is 0 Å². The van der Waals surface area contributed by atoms with E-state index in [1.807, 2.05) is 19.1 Å². The van der Waals surface area contributed by atoms with Gasteiger partial charge in [0, 0.05) is 12.7 Å². The normalized spacial score (nSPS) is 16.1. The van der Waals surface area contributed by atoms with E-state index in [0.717, 1.165) is 24.5 Å². The van der Waals surface area contributed by atoms with Crippen LogP contribution in [-0.4, -0.2) is 47.5 Å². The summed E-state index contributed by atoms with van der Waals surface area (Å²) in [5, 5.41) is 3.03. The summed E-state index contributed by atoms with van der Waals surface area (Å²) in [6.45, 7) is 4.50. The quantitative estimate of drug-likeness (QED) is 0.864. The molecule has 0 aliphatic carbocycles. The Bertz CT molecular complexity index is 710. The third-order valence-electron chi connectivity index (χ3n) is 4.80. The van der Waals surface area contributed by atoms with Gasteiger partial charge in [0.25, 0.3) is 5.91 Å². The lowest BCUT2D eigenvalue weighted by atomic mass is 10.0. The van der Waals surface area contributed by atoms with Gasteiger partial charge in [0.1, 0.15) is 11.4 Å². The number of carbonyl (C=O) groups is 1. The number of likely N-dealkylation sites (tertiary alicyclic amines) is 1. The smallest absolute Gasteiger partial charge is 0.271 e. The molecular formula is C20H26N4O2. The van der Waals surface area contributed by atoms with Gasteiger partial charge in [-0.25, -0.2) is 4.98 Å². The summed E-state index contributed by atoms with van der Waals surface area (Å²) < 4.78 is 5.26. The fraction of sp³-hybridized carbons (Fsp3) is 0.450. The first-order valence-electron chi connectivity index (χ1n) is 9.12. The van der Waals surface area contributed by atoms with Crippen molar-refractivity contribution in [1.82, 2.24) is 20.2 Å². The Labute approximate surface area is 154 Å². The Morgan fingerprint density at radius 2 is 1.88 bits per heavy atom. The van der Waals surface area contributed by atoms with Crippen molar-refractivity contribution >= 4 is 5.91 Å². The number of nitrogens with one attached hydrogen (secondary N) is 1. The molecule has 1 aromatic carbocycles. The van der Waals surface area contributed by atoms with Gasteiger partial charge in [-0.2, -0.15) is 0 Å². The van der Waals surface area contributed by atoms with Crippen LogP contribution in [0.5, 0.6) is 5.75 Å². The van der Waals surface area contributed by atoms with Crippen molar-refractivity contribution in [1.29, 1.82) is 0 Å². The molecule has 138 valence electrons. The molecule has 1 aliphatic heterocycles. The van der Waals surface area contributed by atoms with Crippen molar-refractivity contribution in [3.63, 3.8) is 0 Å². The van der Waals surface area contributed by atoms with Crippen LogP contribution in [0.15, 0.2) is 36.7 Å². The molecule has 2 aromatic rings. The van der Waals surface area contributed by atoms with Gasteiger partial charge in [-0.15, -0.1) is 0 Å². The van der Waals surface area contributed by atoms with E-state index < -0.39 is 0 Å². The Morgan fingerprint density at radius 3 is 2.50 bits per heavy atom. The summed E-state index contributed by atoms with van der Waals surface area (Å²) in [4.78, 5) is 23.2. The molecule has 0 unspecified atom stereocenters. The molecule has 1 atom stereocenters. The zero-order valence-corrected chi connectivity index (χ0v) is 15.4. The molecule has 0 bridgehead atoms. The SMILES string of the molecule is COc1ccc([C@H](CNC(=O)c2cnc(C)cn2)N2CCCCC2)cc1. The summed E-state index contributed by atoms with van der Waals surface area (Å²) in [6, 6.07) is 8.24. The van der Waals surface area contributed by atoms with Crippen LogP contribution in [-0.2, 0) is 0 Å².